The van der Waals surface area contributed by atoms with E-state index < -0.39 is 119 Å². The van der Waals surface area contributed by atoms with Gasteiger partial charge in [0, 0.05) is 13.0 Å². The highest BCUT2D eigenvalue weighted by molar-refractivity contribution is 7.45. The molecular formula is C31H45F17O10P-. The number of aliphatic hydroxyl groups is 4. The average Bonchev–Trinajstić information content (AvgIpc) is 3.12. The fourth-order valence-electron chi connectivity index (χ4n) is 4.96. The van der Waals surface area contributed by atoms with E-state index >= 15 is 0 Å². The summed E-state index contributed by atoms with van der Waals surface area (Å²) in [6.45, 7) is -0.423. The van der Waals surface area contributed by atoms with Crippen molar-refractivity contribution in [3.8, 4) is 0 Å². The fraction of sp³-hybridized carbons (Fsp3) is 0.968. The Labute approximate surface area is 326 Å². The normalized spacial score (nSPS) is 17.9. The molecule has 4 N–H and O–H groups in total. The lowest BCUT2D eigenvalue weighted by Crippen LogP contribution is -2.74. The molecule has 28 heteroatoms. The summed E-state index contributed by atoms with van der Waals surface area (Å²) < 4.78 is 258. The summed E-state index contributed by atoms with van der Waals surface area (Å²) in [5.41, 5.74) is 0. The number of rotatable bonds is 32. The van der Waals surface area contributed by atoms with Gasteiger partial charge in [0.05, 0.1) is 19.3 Å². The number of unbranched alkanes of at least 4 members (excludes halogenated alkanes) is 8. The van der Waals surface area contributed by atoms with Gasteiger partial charge in [0.15, 0.2) is 6.29 Å². The molecule has 0 amide bonds. The summed E-state index contributed by atoms with van der Waals surface area (Å²) in [7, 11) is -5.19. The monoisotopic (exact) mass is 931 g/mol. The Bertz CT molecular complexity index is 1290. The van der Waals surface area contributed by atoms with Crippen LogP contribution >= 0.6 is 7.82 Å². The van der Waals surface area contributed by atoms with Crippen molar-refractivity contribution in [1.82, 2.24) is 0 Å². The Morgan fingerprint density at radius 1 is 0.576 bits per heavy atom. The van der Waals surface area contributed by atoms with Gasteiger partial charge >= 0.3 is 47.6 Å². The molecular weight excluding hydrogens is 886 g/mol. The maximum Gasteiger partial charge on any atom is 0.460 e. The Kier molecular flexibility index (Phi) is 22.0. The Hall–Kier alpha value is -1.61. The lowest BCUT2D eigenvalue weighted by molar-refractivity contribution is -0.461. The minimum absolute atomic E-state index is 0.0248. The first kappa shape index (κ1) is 57.4. The van der Waals surface area contributed by atoms with E-state index in [-0.39, 0.29) is 38.4 Å². The zero-order valence-corrected chi connectivity index (χ0v) is 31.8. The molecule has 354 valence electrons. The SMILES string of the molecule is CCCCCCCCCC(CCC(F)(F)C(F)(F)C(F)(F)C(F)(F)C(F)(F)C(F)(F)C(F)(F)C(F)(F)F)OCCCCCOP(=O)([O-])OC[C@@H](O)[C@H](O)[C@H](O)[C@@H](O)C=O. The van der Waals surface area contributed by atoms with Gasteiger partial charge in [-0.15, -0.1) is 0 Å². The van der Waals surface area contributed by atoms with Gasteiger partial charge in [0.1, 0.15) is 24.4 Å². The first-order valence-corrected chi connectivity index (χ1v) is 19.1. The van der Waals surface area contributed by atoms with Crippen LogP contribution in [-0.4, -0.2) is 125 Å². The Balaban J connectivity index is 5.67. The van der Waals surface area contributed by atoms with Gasteiger partial charge in [-0.05, 0) is 32.1 Å². The van der Waals surface area contributed by atoms with Crippen molar-refractivity contribution >= 4 is 14.1 Å². The predicted molar refractivity (Wildman–Crippen MR) is 166 cm³/mol. The molecule has 0 fully saturated rings. The summed E-state index contributed by atoms with van der Waals surface area (Å²) in [6, 6.07) is 0. The predicted octanol–water partition coefficient (Wildman–Crippen LogP) is 7.62. The van der Waals surface area contributed by atoms with Crippen molar-refractivity contribution in [3.05, 3.63) is 0 Å². The van der Waals surface area contributed by atoms with Gasteiger partial charge in [-0.25, -0.2) is 0 Å². The van der Waals surface area contributed by atoms with Gasteiger partial charge in [-0.3, -0.25) is 4.57 Å². The molecule has 0 saturated heterocycles. The highest BCUT2D eigenvalue weighted by Gasteiger charge is 2.95. The van der Waals surface area contributed by atoms with Crippen LogP contribution in [0, 0.1) is 0 Å². The second-order valence-electron chi connectivity index (χ2n) is 13.4. The van der Waals surface area contributed by atoms with Crippen molar-refractivity contribution < 1.29 is 123 Å². The quantitative estimate of drug-likeness (QED) is 0.0228. The number of phosphoric acid groups is 1. The molecule has 0 spiro atoms. The molecule has 0 saturated carbocycles. The minimum atomic E-state index is -8.71. The summed E-state index contributed by atoms with van der Waals surface area (Å²) in [4.78, 5) is 22.3. The number of carbonyl (C=O) groups excluding carboxylic acids is 1. The third-order valence-electron chi connectivity index (χ3n) is 8.73. The minimum Gasteiger partial charge on any atom is -0.756 e. The smallest absolute Gasteiger partial charge is 0.460 e. The van der Waals surface area contributed by atoms with E-state index in [1.165, 1.54) is 0 Å². The van der Waals surface area contributed by atoms with Crippen LogP contribution < -0.4 is 4.89 Å². The second kappa shape index (κ2) is 22.7. The van der Waals surface area contributed by atoms with Crippen LogP contribution in [0.4, 0.5) is 74.6 Å². The molecule has 0 heterocycles. The van der Waals surface area contributed by atoms with Crippen LogP contribution in [-0.2, 0) is 23.1 Å². The van der Waals surface area contributed by atoms with E-state index in [2.05, 4.69) is 9.05 Å². The van der Waals surface area contributed by atoms with Crippen molar-refractivity contribution in [1.29, 1.82) is 0 Å². The molecule has 0 aliphatic heterocycles. The molecule has 0 rings (SSSR count). The zero-order chi connectivity index (χ0) is 46.5. The number of phosphoric ester groups is 1. The zero-order valence-electron chi connectivity index (χ0n) is 30.9. The van der Waals surface area contributed by atoms with Gasteiger partial charge in [-0.1, -0.05) is 51.9 Å². The number of hydrogen-bond acceptors (Lipinski definition) is 10. The first-order chi connectivity index (χ1) is 26.6. The van der Waals surface area contributed by atoms with E-state index in [1.54, 1.807) is 0 Å². The number of carbonyl (C=O) groups is 1. The van der Waals surface area contributed by atoms with Crippen LogP contribution in [0.5, 0.6) is 0 Å². The molecule has 0 bridgehead atoms. The number of aldehydes is 1. The second-order valence-corrected chi connectivity index (χ2v) is 14.8. The molecule has 0 aliphatic rings. The van der Waals surface area contributed by atoms with Gasteiger partial charge in [0.25, 0.3) is 7.82 Å². The molecule has 2 unspecified atom stereocenters. The molecule has 6 atom stereocenters. The van der Waals surface area contributed by atoms with E-state index in [4.69, 9.17) is 9.84 Å². The van der Waals surface area contributed by atoms with Crippen molar-refractivity contribution in [2.24, 2.45) is 0 Å². The van der Waals surface area contributed by atoms with Gasteiger partial charge in [0.2, 0.25) is 0 Å². The number of hydrogen-bond donors (Lipinski definition) is 4. The molecule has 0 radical (unpaired) electrons. The Morgan fingerprint density at radius 2 is 1.02 bits per heavy atom. The standard InChI is InChI=1S/C31H46F17O10P/c1-2-3-4-5-6-7-9-12-19(56-15-10-8-11-16-57-59(54,55)58-18-21(51)23(53)22(52)20(50)17-49)13-14-24(32,33)25(34,35)26(36,37)27(38,39)28(40,41)29(42,43)30(44,45)31(46,47)48/h17,19-23,50-53H,2-16,18H2,1H3,(H,54,55)/p-1/t19?,20-,21+,22+,23-/m0/s1. The lowest BCUT2D eigenvalue weighted by Gasteiger charge is -2.43. The lowest BCUT2D eigenvalue weighted by atomic mass is 9.87. The average molecular weight is 932 g/mol. The summed E-state index contributed by atoms with van der Waals surface area (Å²) in [5.74, 6) is -56.9. The molecule has 0 aliphatic carbocycles. The van der Waals surface area contributed by atoms with Crippen LogP contribution in [0.2, 0.25) is 0 Å². The number of ether oxygens (including phenoxy) is 1. The number of halogens is 17. The highest BCUT2D eigenvalue weighted by Crippen LogP contribution is 2.64. The van der Waals surface area contributed by atoms with E-state index in [9.17, 15) is 104 Å². The third-order valence-corrected chi connectivity index (χ3v) is 9.69. The van der Waals surface area contributed by atoms with E-state index in [0.717, 1.165) is 19.3 Å². The van der Waals surface area contributed by atoms with Crippen LogP contribution in [0.1, 0.15) is 90.4 Å². The van der Waals surface area contributed by atoms with Crippen molar-refractivity contribution in [2.45, 2.75) is 169 Å². The summed E-state index contributed by atoms with van der Waals surface area (Å²) >= 11 is 0. The van der Waals surface area contributed by atoms with Crippen LogP contribution in [0.3, 0.4) is 0 Å². The first-order valence-electron chi connectivity index (χ1n) is 17.7. The molecule has 0 aromatic carbocycles. The number of aliphatic hydroxyl groups excluding tert-OH is 4. The van der Waals surface area contributed by atoms with Gasteiger partial charge in [-0.2, -0.15) is 74.6 Å². The highest BCUT2D eigenvalue weighted by atomic mass is 31.2. The topological polar surface area (TPSA) is 166 Å². The Morgan fingerprint density at radius 3 is 1.51 bits per heavy atom. The summed E-state index contributed by atoms with van der Waals surface area (Å²) in [6.07, 6.45) is -18.9. The molecule has 59 heavy (non-hydrogen) atoms. The van der Waals surface area contributed by atoms with Crippen molar-refractivity contribution in [3.63, 3.8) is 0 Å². The van der Waals surface area contributed by atoms with Crippen LogP contribution in [0.25, 0.3) is 0 Å². The van der Waals surface area contributed by atoms with Crippen molar-refractivity contribution in [2.75, 3.05) is 19.8 Å². The maximum absolute atomic E-state index is 14.6. The molecule has 0 aromatic heterocycles. The summed E-state index contributed by atoms with van der Waals surface area (Å²) in [5, 5.41) is 37.9. The van der Waals surface area contributed by atoms with Gasteiger partial charge < -0.3 is 43.9 Å². The number of alkyl halides is 17. The third kappa shape index (κ3) is 14.5. The van der Waals surface area contributed by atoms with Crippen LogP contribution in [0.15, 0.2) is 0 Å². The molecule has 10 nitrogen and oxygen atoms in total. The largest absolute Gasteiger partial charge is 0.756 e. The van der Waals surface area contributed by atoms with E-state index in [1.807, 2.05) is 6.92 Å². The fourth-order valence-corrected chi connectivity index (χ4v) is 5.72. The molecule has 0 aromatic rings. The van der Waals surface area contributed by atoms with E-state index in [0.29, 0.717) is 19.3 Å². The maximum atomic E-state index is 14.6.